The predicted octanol–water partition coefficient (Wildman–Crippen LogP) is 3.07. The van der Waals surface area contributed by atoms with E-state index in [1.165, 1.54) is 31.2 Å². The van der Waals surface area contributed by atoms with Gasteiger partial charge in [0.1, 0.15) is 12.2 Å². The molecule has 0 bridgehead atoms. The van der Waals surface area contributed by atoms with Crippen molar-refractivity contribution >= 4 is 0 Å². The molecule has 0 saturated carbocycles. The monoisotopic (exact) mass is 284 g/mol. The molecule has 4 nitrogen and oxygen atoms in total. The van der Waals surface area contributed by atoms with E-state index in [4.69, 9.17) is 0 Å². The Morgan fingerprint density at radius 3 is 2.86 bits per heavy atom. The van der Waals surface area contributed by atoms with Crippen LogP contribution in [0, 0.1) is 0 Å². The van der Waals surface area contributed by atoms with Gasteiger partial charge in [-0.25, -0.2) is 9.67 Å². The lowest BCUT2D eigenvalue weighted by molar-refractivity contribution is 0.232. The predicted molar refractivity (Wildman–Crippen MR) is 84.0 cm³/mol. The van der Waals surface area contributed by atoms with E-state index in [2.05, 4.69) is 57.0 Å². The van der Waals surface area contributed by atoms with E-state index in [1.54, 1.807) is 6.33 Å². The van der Waals surface area contributed by atoms with Crippen LogP contribution in [0.15, 0.2) is 36.7 Å². The molecule has 21 heavy (non-hydrogen) atoms. The van der Waals surface area contributed by atoms with E-state index in [0.717, 1.165) is 25.3 Å². The average Bonchev–Trinajstić information content (AvgIpc) is 2.87. The maximum Gasteiger partial charge on any atom is 0.144 e. The van der Waals surface area contributed by atoms with Gasteiger partial charge in [-0.3, -0.25) is 4.90 Å². The van der Waals surface area contributed by atoms with Gasteiger partial charge in [0.05, 0.1) is 6.04 Å². The molecule has 0 N–H and O–H groups in total. The lowest BCUT2D eigenvalue weighted by atomic mass is 10.1. The summed E-state index contributed by atoms with van der Waals surface area (Å²) in [6, 6.07) is 11.0. The Morgan fingerprint density at radius 2 is 2.00 bits per heavy atom. The summed E-state index contributed by atoms with van der Waals surface area (Å²) in [5.74, 6) is 1.13. The molecule has 1 aliphatic rings. The number of likely N-dealkylation sites (tertiary alicyclic amines) is 1. The van der Waals surface area contributed by atoms with Crippen molar-refractivity contribution in [2.75, 3.05) is 13.6 Å². The molecule has 112 valence electrons. The molecule has 2 aromatic rings. The summed E-state index contributed by atoms with van der Waals surface area (Å²) in [6.07, 6.45) is 7.83. The third kappa shape index (κ3) is 3.50. The van der Waals surface area contributed by atoms with Gasteiger partial charge in [-0.2, -0.15) is 5.10 Å². The largest absolute Gasteiger partial charge is 0.297 e. The van der Waals surface area contributed by atoms with E-state index >= 15 is 0 Å². The Kier molecular flexibility index (Phi) is 4.65. The van der Waals surface area contributed by atoms with Crippen LogP contribution in [-0.2, 0) is 13.0 Å². The van der Waals surface area contributed by atoms with Gasteiger partial charge in [-0.15, -0.1) is 0 Å². The van der Waals surface area contributed by atoms with Gasteiger partial charge in [0, 0.05) is 6.54 Å². The van der Waals surface area contributed by atoms with Gasteiger partial charge in [0.2, 0.25) is 0 Å². The average molecular weight is 284 g/mol. The minimum atomic E-state index is 0.422. The van der Waals surface area contributed by atoms with E-state index in [1.807, 2.05) is 0 Å². The van der Waals surface area contributed by atoms with Crippen molar-refractivity contribution in [3.8, 4) is 0 Å². The van der Waals surface area contributed by atoms with Gasteiger partial charge in [0.25, 0.3) is 0 Å². The fourth-order valence-corrected chi connectivity index (χ4v) is 3.16. The molecule has 1 aromatic carbocycles. The zero-order valence-electron chi connectivity index (χ0n) is 12.8. The summed E-state index contributed by atoms with van der Waals surface area (Å²) in [4.78, 5) is 6.99. The highest BCUT2D eigenvalue weighted by atomic mass is 15.4. The molecule has 1 saturated heterocycles. The molecule has 3 rings (SSSR count). The summed E-state index contributed by atoms with van der Waals surface area (Å²) >= 11 is 0. The third-order valence-corrected chi connectivity index (χ3v) is 4.42. The van der Waals surface area contributed by atoms with Crippen LogP contribution < -0.4 is 0 Å². The van der Waals surface area contributed by atoms with Crippen molar-refractivity contribution in [1.82, 2.24) is 19.7 Å². The second-order valence-corrected chi connectivity index (χ2v) is 5.92. The molecular formula is C17H24N4. The molecule has 0 aliphatic carbocycles. The molecule has 4 heteroatoms. The summed E-state index contributed by atoms with van der Waals surface area (Å²) in [5.41, 5.74) is 1.35. The van der Waals surface area contributed by atoms with Crippen LogP contribution in [0.1, 0.15) is 43.1 Å². The highest BCUT2D eigenvalue weighted by Crippen LogP contribution is 2.27. The molecule has 1 fully saturated rings. The Hall–Kier alpha value is -1.68. The first kappa shape index (κ1) is 14.3. The van der Waals surface area contributed by atoms with Crippen molar-refractivity contribution < 1.29 is 0 Å². The number of aryl methyl sites for hydroxylation is 2. The zero-order chi connectivity index (χ0) is 14.5. The summed E-state index contributed by atoms with van der Waals surface area (Å²) in [6.45, 7) is 2.07. The van der Waals surface area contributed by atoms with Crippen LogP contribution in [0.3, 0.4) is 0 Å². The van der Waals surface area contributed by atoms with Crippen LogP contribution in [0.4, 0.5) is 0 Å². The fourth-order valence-electron chi connectivity index (χ4n) is 3.16. The highest BCUT2D eigenvalue weighted by molar-refractivity contribution is 5.14. The van der Waals surface area contributed by atoms with Gasteiger partial charge >= 0.3 is 0 Å². The van der Waals surface area contributed by atoms with Crippen LogP contribution >= 0.6 is 0 Å². The Balaban J connectivity index is 1.71. The van der Waals surface area contributed by atoms with Crippen LogP contribution in [-0.4, -0.2) is 33.3 Å². The SMILES string of the molecule is CN1CCCCC[C@H]1c1ncnn1CCc1ccccc1. The lowest BCUT2D eigenvalue weighted by Crippen LogP contribution is -2.27. The Bertz CT molecular complexity index is 549. The van der Waals surface area contributed by atoms with Crippen molar-refractivity contribution in [2.24, 2.45) is 0 Å². The molecule has 1 aromatic heterocycles. The minimum absolute atomic E-state index is 0.422. The number of benzene rings is 1. The van der Waals surface area contributed by atoms with Crippen LogP contribution in [0.2, 0.25) is 0 Å². The first-order valence-electron chi connectivity index (χ1n) is 7.96. The standard InChI is InChI=1S/C17H24N4/c1-20-12-7-3-6-10-16(20)17-18-14-19-21(17)13-11-15-8-4-2-5-9-15/h2,4-5,8-9,14,16H,3,6-7,10-13H2,1H3/t16-/m0/s1. The molecule has 0 radical (unpaired) electrons. The maximum absolute atomic E-state index is 4.55. The first-order chi connectivity index (χ1) is 10.3. The summed E-state index contributed by atoms with van der Waals surface area (Å²) in [5, 5.41) is 4.45. The number of rotatable bonds is 4. The van der Waals surface area contributed by atoms with E-state index in [9.17, 15) is 0 Å². The smallest absolute Gasteiger partial charge is 0.144 e. The zero-order valence-corrected chi connectivity index (χ0v) is 12.8. The molecule has 0 unspecified atom stereocenters. The molecule has 1 atom stereocenters. The summed E-state index contributed by atoms with van der Waals surface area (Å²) in [7, 11) is 2.21. The molecular weight excluding hydrogens is 260 g/mol. The second-order valence-electron chi connectivity index (χ2n) is 5.92. The van der Waals surface area contributed by atoms with E-state index in [0.29, 0.717) is 6.04 Å². The fraction of sp³-hybridized carbons (Fsp3) is 0.529. The highest BCUT2D eigenvalue weighted by Gasteiger charge is 2.23. The van der Waals surface area contributed by atoms with Crippen molar-refractivity contribution in [3.63, 3.8) is 0 Å². The molecule has 2 heterocycles. The third-order valence-electron chi connectivity index (χ3n) is 4.42. The van der Waals surface area contributed by atoms with Gasteiger partial charge in [-0.1, -0.05) is 43.2 Å². The van der Waals surface area contributed by atoms with Gasteiger partial charge in [0.15, 0.2) is 0 Å². The number of aromatic nitrogens is 3. The topological polar surface area (TPSA) is 34.0 Å². The first-order valence-corrected chi connectivity index (χ1v) is 7.96. The molecule has 0 amide bonds. The van der Waals surface area contributed by atoms with Gasteiger partial charge < -0.3 is 0 Å². The number of nitrogens with zero attached hydrogens (tertiary/aromatic N) is 4. The lowest BCUT2D eigenvalue weighted by Gasteiger charge is -2.25. The van der Waals surface area contributed by atoms with Crippen molar-refractivity contribution in [1.29, 1.82) is 0 Å². The molecule has 1 aliphatic heterocycles. The quantitative estimate of drug-likeness (QED) is 0.865. The number of hydrogen-bond donors (Lipinski definition) is 0. The van der Waals surface area contributed by atoms with E-state index < -0.39 is 0 Å². The Labute approximate surface area is 126 Å². The van der Waals surface area contributed by atoms with Crippen LogP contribution in [0.5, 0.6) is 0 Å². The van der Waals surface area contributed by atoms with Crippen molar-refractivity contribution in [2.45, 2.75) is 44.7 Å². The Morgan fingerprint density at radius 1 is 1.14 bits per heavy atom. The number of hydrogen-bond acceptors (Lipinski definition) is 3. The second kappa shape index (κ2) is 6.85. The maximum atomic E-state index is 4.55. The molecule has 0 spiro atoms. The normalized spacial score (nSPS) is 20.3. The van der Waals surface area contributed by atoms with Crippen LogP contribution in [0.25, 0.3) is 0 Å². The summed E-state index contributed by atoms with van der Waals surface area (Å²) < 4.78 is 2.10. The van der Waals surface area contributed by atoms with Crippen molar-refractivity contribution in [3.05, 3.63) is 48.0 Å². The minimum Gasteiger partial charge on any atom is -0.297 e. The van der Waals surface area contributed by atoms with E-state index in [-0.39, 0.29) is 0 Å². The van der Waals surface area contributed by atoms with Gasteiger partial charge in [-0.05, 0) is 38.4 Å².